The van der Waals surface area contributed by atoms with Gasteiger partial charge in [-0.1, -0.05) is 6.07 Å². The lowest BCUT2D eigenvalue weighted by Gasteiger charge is -2.18. The molecule has 1 unspecified atom stereocenters. The van der Waals surface area contributed by atoms with Gasteiger partial charge in [-0.15, -0.1) is 0 Å². The molecular weight excluding hydrogens is 362 g/mol. The highest BCUT2D eigenvalue weighted by Gasteiger charge is 2.24. The number of hydrogen-bond acceptors (Lipinski definition) is 8. The largest absolute Gasteiger partial charge is 0.505 e. The van der Waals surface area contributed by atoms with E-state index in [0.29, 0.717) is 12.0 Å². The monoisotopic (exact) mass is 385 g/mol. The van der Waals surface area contributed by atoms with E-state index in [1.165, 1.54) is 18.4 Å². The molecule has 28 heavy (non-hydrogen) atoms. The molecule has 1 atom stereocenters. The Morgan fingerprint density at radius 1 is 1.07 bits per heavy atom. The van der Waals surface area contributed by atoms with Gasteiger partial charge in [-0.2, -0.15) is 0 Å². The van der Waals surface area contributed by atoms with Crippen LogP contribution in [0.2, 0.25) is 0 Å². The molecular formula is C20H23N3O5. The van der Waals surface area contributed by atoms with Crippen LogP contribution >= 0.6 is 0 Å². The van der Waals surface area contributed by atoms with E-state index in [-0.39, 0.29) is 34.4 Å². The zero-order valence-electron chi connectivity index (χ0n) is 16.1. The number of nitrogens with zero attached hydrogens (tertiary/aromatic N) is 1. The number of hydrogen-bond donors (Lipinski definition) is 3. The summed E-state index contributed by atoms with van der Waals surface area (Å²) in [6.45, 7) is 1.78. The van der Waals surface area contributed by atoms with Gasteiger partial charge in [0.25, 0.3) is 10.9 Å². The van der Waals surface area contributed by atoms with Gasteiger partial charge in [-0.25, -0.2) is 0 Å². The molecule has 3 rings (SSSR count). The summed E-state index contributed by atoms with van der Waals surface area (Å²) in [6.07, 6.45) is 2.01. The summed E-state index contributed by atoms with van der Waals surface area (Å²) >= 11 is 0. The van der Waals surface area contributed by atoms with Crippen molar-refractivity contribution in [3.05, 3.63) is 68.4 Å². The Kier molecular flexibility index (Phi) is 6.73. The van der Waals surface area contributed by atoms with Crippen molar-refractivity contribution >= 4 is 23.3 Å². The maximum absolute atomic E-state index is 11.8. The molecule has 0 spiro atoms. The van der Waals surface area contributed by atoms with Crippen LogP contribution in [-0.4, -0.2) is 37.4 Å². The number of para-hydroxylation sites is 1. The predicted octanol–water partition coefficient (Wildman–Crippen LogP) is 2.49. The summed E-state index contributed by atoms with van der Waals surface area (Å²) in [5.74, 6) is 0.324. The summed E-state index contributed by atoms with van der Waals surface area (Å²) in [7, 11) is 6.00. The van der Waals surface area contributed by atoms with Crippen LogP contribution in [0.4, 0.5) is 17.1 Å². The van der Waals surface area contributed by atoms with Gasteiger partial charge in [0.05, 0.1) is 23.6 Å². The van der Waals surface area contributed by atoms with Gasteiger partial charge in [0.1, 0.15) is 22.9 Å². The van der Waals surface area contributed by atoms with Crippen molar-refractivity contribution in [1.29, 1.82) is 0 Å². The predicted molar refractivity (Wildman–Crippen MR) is 108 cm³/mol. The minimum atomic E-state index is -0.694. The second kappa shape index (κ2) is 9.01. The Hall–Kier alpha value is -3.39. The van der Waals surface area contributed by atoms with Crippen molar-refractivity contribution < 1.29 is 14.3 Å². The van der Waals surface area contributed by atoms with Gasteiger partial charge < -0.3 is 25.1 Å². The van der Waals surface area contributed by atoms with Crippen LogP contribution in [0.1, 0.15) is 29.1 Å². The fourth-order valence-electron chi connectivity index (χ4n) is 2.37. The Labute approximate surface area is 162 Å². The molecule has 8 nitrogen and oxygen atoms in total. The molecule has 1 aromatic heterocycles. The molecule has 3 N–H and O–H groups in total. The standard InChI is InChI=1S/C17H14N2O5.C3H9N/c1-9(12-6-3-7-24-12)18-13-14(17(23)16(13)22)19-11-5-2-4-10(8-20)15(11)21;1-4(2)3/h2-9,18-19,21H,1H3;1-3H3. The van der Waals surface area contributed by atoms with E-state index in [0.717, 1.165) is 0 Å². The van der Waals surface area contributed by atoms with Crippen LogP contribution in [0.5, 0.6) is 5.75 Å². The summed E-state index contributed by atoms with van der Waals surface area (Å²) in [5, 5.41) is 15.6. The minimum absolute atomic E-state index is 0.0387. The highest BCUT2D eigenvalue weighted by Crippen LogP contribution is 2.31. The van der Waals surface area contributed by atoms with E-state index in [1.807, 2.05) is 26.0 Å². The number of phenolic OH excluding ortho intramolecular Hbond substituents is 1. The Bertz CT molecular complexity index is 999. The lowest BCUT2D eigenvalue weighted by atomic mass is 10.1. The van der Waals surface area contributed by atoms with Crippen LogP contribution in [0.25, 0.3) is 0 Å². The highest BCUT2D eigenvalue weighted by atomic mass is 16.3. The average Bonchev–Trinajstić information content (AvgIpc) is 3.19. The fourth-order valence-corrected chi connectivity index (χ4v) is 2.37. The number of furan rings is 1. The number of aldehydes is 1. The van der Waals surface area contributed by atoms with E-state index in [4.69, 9.17) is 4.42 Å². The zero-order chi connectivity index (χ0) is 20.8. The maximum atomic E-state index is 11.8. The molecule has 0 aliphatic carbocycles. The first kappa shape index (κ1) is 20.9. The summed E-state index contributed by atoms with van der Waals surface area (Å²) in [6, 6.07) is 7.63. The molecule has 148 valence electrons. The Balaban J connectivity index is 0.000000640. The SMILES string of the molecule is CC(Nc1c(Nc2cccc(C=O)c2O)c(=O)c1=O)c1ccco1.CN(C)C. The lowest BCUT2D eigenvalue weighted by Crippen LogP contribution is -2.37. The van der Waals surface area contributed by atoms with Crippen molar-refractivity contribution in [1.82, 2.24) is 4.90 Å². The first-order valence-corrected chi connectivity index (χ1v) is 8.54. The van der Waals surface area contributed by atoms with Crippen LogP contribution in [0.15, 0.2) is 50.6 Å². The Morgan fingerprint density at radius 3 is 2.29 bits per heavy atom. The van der Waals surface area contributed by atoms with Crippen LogP contribution < -0.4 is 21.5 Å². The molecule has 0 bridgehead atoms. The quantitative estimate of drug-likeness (QED) is 0.337. The lowest BCUT2D eigenvalue weighted by molar-refractivity contribution is 0.112. The van der Waals surface area contributed by atoms with E-state index in [1.54, 1.807) is 25.1 Å². The van der Waals surface area contributed by atoms with Gasteiger partial charge in [0.2, 0.25) is 0 Å². The first-order chi connectivity index (χ1) is 13.3. The second-order valence-corrected chi connectivity index (χ2v) is 6.62. The second-order valence-electron chi connectivity index (χ2n) is 6.62. The molecule has 2 aromatic carbocycles. The van der Waals surface area contributed by atoms with Gasteiger partial charge in [-0.05, 0) is 52.3 Å². The number of phenols is 1. The molecule has 0 aliphatic rings. The average molecular weight is 385 g/mol. The number of aromatic hydroxyl groups is 1. The van der Waals surface area contributed by atoms with Crippen molar-refractivity contribution in [2.75, 3.05) is 31.8 Å². The fraction of sp³-hybridized carbons (Fsp3) is 0.250. The normalized spacial score (nSPS) is 11.6. The molecule has 1 heterocycles. The van der Waals surface area contributed by atoms with Gasteiger partial charge in [-0.3, -0.25) is 14.4 Å². The third-order valence-electron chi connectivity index (χ3n) is 3.70. The Morgan fingerprint density at radius 2 is 1.71 bits per heavy atom. The molecule has 0 aliphatic heterocycles. The number of carbonyl (C=O) groups excluding carboxylic acids is 1. The molecule has 0 radical (unpaired) electrons. The maximum Gasteiger partial charge on any atom is 0.253 e. The first-order valence-electron chi connectivity index (χ1n) is 8.54. The van der Waals surface area contributed by atoms with Gasteiger partial charge in [0.15, 0.2) is 6.29 Å². The van der Waals surface area contributed by atoms with Gasteiger partial charge >= 0.3 is 0 Å². The summed E-state index contributed by atoms with van der Waals surface area (Å²) in [4.78, 5) is 36.5. The van der Waals surface area contributed by atoms with Crippen LogP contribution in [-0.2, 0) is 0 Å². The van der Waals surface area contributed by atoms with E-state index in [9.17, 15) is 19.5 Å². The van der Waals surface area contributed by atoms with E-state index in [2.05, 4.69) is 10.6 Å². The summed E-state index contributed by atoms with van der Waals surface area (Å²) < 4.78 is 5.25. The molecule has 8 heteroatoms. The molecule has 0 amide bonds. The molecule has 3 aromatic rings. The summed E-state index contributed by atoms with van der Waals surface area (Å²) in [5.41, 5.74) is -0.948. The van der Waals surface area contributed by atoms with Crippen molar-refractivity contribution in [2.45, 2.75) is 13.0 Å². The third-order valence-corrected chi connectivity index (χ3v) is 3.70. The number of anilines is 3. The number of carbonyl (C=O) groups is 1. The van der Waals surface area contributed by atoms with Crippen LogP contribution in [0, 0.1) is 0 Å². The molecule has 0 saturated heterocycles. The van der Waals surface area contributed by atoms with Gasteiger partial charge in [0, 0.05) is 0 Å². The number of rotatable bonds is 6. The van der Waals surface area contributed by atoms with Crippen molar-refractivity contribution in [2.24, 2.45) is 0 Å². The molecule has 0 fully saturated rings. The number of benzene rings is 1. The van der Waals surface area contributed by atoms with Crippen molar-refractivity contribution in [3.8, 4) is 5.75 Å². The van der Waals surface area contributed by atoms with Crippen molar-refractivity contribution in [3.63, 3.8) is 0 Å². The highest BCUT2D eigenvalue weighted by molar-refractivity contribution is 5.87. The molecule has 0 saturated carbocycles. The smallest absolute Gasteiger partial charge is 0.253 e. The topological polar surface area (TPSA) is 112 Å². The van der Waals surface area contributed by atoms with E-state index < -0.39 is 10.9 Å². The van der Waals surface area contributed by atoms with E-state index >= 15 is 0 Å². The minimum Gasteiger partial charge on any atom is -0.505 e. The third kappa shape index (κ3) is 4.66. The van der Waals surface area contributed by atoms with Crippen LogP contribution in [0.3, 0.4) is 0 Å². The number of nitrogens with one attached hydrogen (secondary N) is 2. The zero-order valence-corrected chi connectivity index (χ0v) is 16.1.